The van der Waals surface area contributed by atoms with Gasteiger partial charge in [-0.05, 0) is 41.1 Å². The van der Waals surface area contributed by atoms with Gasteiger partial charge < -0.3 is 0 Å². The van der Waals surface area contributed by atoms with Crippen molar-refractivity contribution in [3.8, 4) is 0 Å². The van der Waals surface area contributed by atoms with Crippen LogP contribution in [0.15, 0.2) is 11.6 Å². The van der Waals surface area contributed by atoms with Gasteiger partial charge in [-0.2, -0.15) is 0 Å². The zero-order valence-electron chi connectivity index (χ0n) is 12.1. The SMILES string of the molecule is C[C@H]1[C@H](C)C(C)(C)C2CCC(=O)C=C2C1(C)C. The lowest BCUT2D eigenvalue weighted by atomic mass is 9.47. The van der Waals surface area contributed by atoms with Crippen molar-refractivity contribution in [2.45, 2.75) is 54.4 Å². The van der Waals surface area contributed by atoms with Crippen LogP contribution in [0.2, 0.25) is 0 Å². The predicted molar refractivity (Wildman–Crippen MR) is 71.7 cm³/mol. The van der Waals surface area contributed by atoms with Crippen molar-refractivity contribution in [2.75, 3.05) is 0 Å². The van der Waals surface area contributed by atoms with Crippen molar-refractivity contribution in [1.82, 2.24) is 0 Å². The summed E-state index contributed by atoms with van der Waals surface area (Å²) in [5.41, 5.74) is 1.92. The fourth-order valence-electron chi connectivity index (χ4n) is 4.05. The van der Waals surface area contributed by atoms with Crippen molar-refractivity contribution in [3.63, 3.8) is 0 Å². The second-order valence-electron chi connectivity index (χ2n) is 7.28. The number of hydrogen-bond donors (Lipinski definition) is 0. The first-order chi connectivity index (χ1) is 7.69. The summed E-state index contributed by atoms with van der Waals surface area (Å²) >= 11 is 0. The van der Waals surface area contributed by atoms with Crippen LogP contribution < -0.4 is 0 Å². The van der Waals surface area contributed by atoms with Gasteiger partial charge in [0.15, 0.2) is 5.78 Å². The summed E-state index contributed by atoms with van der Waals surface area (Å²) in [6, 6.07) is 0. The average Bonchev–Trinajstić information content (AvgIpc) is 2.25. The minimum Gasteiger partial charge on any atom is -0.295 e. The van der Waals surface area contributed by atoms with Crippen molar-refractivity contribution in [2.24, 2.45) is 28.6 Å². The van der Waals surface area contributed by atoms with Gasteiger partial charge in [0.25, 0.3) is 0 Å². The lowest BCUT2D eigenvalue weighted by molar-refractivity contribution is -0.116. The Morgan fingerprint density at radius 1 is 1.12 bits per heavy atom. The molecule has 1 unspecified atom stereocenters. The summed E-state index contributed by atoms with van der Waals surface area (Å²) in [6.45, 7) is 14.2. The highest BCUT2D eigenvalue weighted by Gasteiger charge is 2.52. The zero-order valence-corrected chi connectivity index (χ0v) is 12.1. The van der Waals surface area contributed by atoms with E-state index in [1.54, 1.807) is 0 Å². The Kier molecular flexibility index (Phi) is 2.80. The summed E-state index contributed by atoms with van der Waals surface area (Å²) in [5, 5.41) is 0. The smallest absolute Gasteiger partial charge is 0.155 e. The van der Waals surface area contributed by atoms with Gasteiger partial charge in [-0.3, -0.25) is 4.79 Å². The standard InChI is InChI=1S/C16H26O/c1-10-11(2)16(5,6)14-9-12(17)7-8-13(14)15(10,3)4/h9-11,13H,7-8H2,1-6H3/t10-,11-,13?/m0/s1. The molecule has 2 aliphatic rings. The Morgan fingerprint density at radius 3 is 2.29 bits per heavy atom. The van der Waals surface area contributed by atoms with Gasteiger partial charge in [0.2, 0.25) is 0 Å². The van der Waals surface area contributed by atoms with E-state index < -0.39 is 0 Å². The number of fused-ring (bicyclic) bond motifs is 1. The van der Waals surface area contributed by atoms with Crippen LogP contribution in [-0.2, 0) is 4.79 Å². The van der Waals surface area contributed by atoms with Crippen LogP contribution in [0.3, 0.4) is 0 Å². The van der Waals surface area contributed by atoms with E-state index in [9.17, 15) is 4.79 Å². The van der Waals surface area contributed by atoms with E-state index in [-0.39, 0.29) is 5.41 Å². The Bertz CT molecular complexity index is 373. The fraction of sp³-hybridized carbons (Fsp3) is 0.812. The highest BCUT2D eigenvalue weighted by atomic mass is 16.1. The van der Waals surface area contributed by atoms with Gasteiger partial charge >= 0.3 is 0 Å². The van der Waals surface area contributed by atoms with Gasteiger partial charge in [0, 0.05) is 6.42 Å². The first-order valence-corrected chi connectivity index (χ1v) is 6.94. The van der Waals surface area contributed by atoms with Crippen LogP contribution in [0.1, 0.15) is 54.4 Å². The van der Waals surface area contributed by atoms with Crippen molar-refractivity contribution in [1.29, 1.82) is 0 Å². The van der Waals surface area contributed by atoms with Gasteiger partial charge in [0.05, 0.1) is 0 Å². The van der Waals surface area contributed by atoms with Crippen molar-refractivity contribution in [3.05, 3.63) is 11.6 Å². The lowest BCUT2D eigenvalue weighted by Crippen LogP contribution is -2.50. The molecule has 96 valence electrons. The summed E-state index contributed by atoms with van der Waals surface area (Å²) in [5.74, 6) is 2.27. The summed E-state index contributed by atoms with van der Waals surface area (Å²) in [7, 11) is 0. The Balaban J connectivity index is 2.53. The molecule has 0 N–H and O–H groups in total. The van der Waals surface area contributed by atoms with Gasteiger partial charge in [-0.1, -0.05) is 47.1 Å². The lowest BCUT2D eigenvalue weighted by Gasteiger charge is -2.57. The molecule has 3 atom stereocenters. The third kappa shape index (κ3) is 1.70. The van der Waals surface area contributed by atoms with E-state index in [0.717, 1.165) is 12.8 Å². The van der Waals surface area contributed by atoms with Crippen LogP contribution in [0.25, 0.3) is 0 Å². The molecular weight excluding hydrogens is 208 g/mol. The molecule has 0 amide bonds. The summed E-state index contributed by atoms with van der Waals surface area (Å²) < 4.78 is 0. The van der Waals surface area contributed by atoms with E-state index in [4.69, 9.17) is 0 Å². The Hall–Kier alpha value is -0.590. The monoisotopic (exact) mass is 234 g/mol. The third-order valence-corrected chi connectivity index (χ3v) is 6.08. The van der Waals surface area contributed by atoms with Crippen molar-refractivity contribution >= 4 is 5.78 Å². The van der Waals surface area contributed by atoms with E-state index in [1.165, 1.54) is 5.57 Å². The molecule has 1 nitrogen and oxygen atoms in total. The Labute approximate surface area is 106 Å². The fourth-order valence-corrected chi connectivity index (χ4v) is 4.05. The molecule has 0 heterocycles. The number of rotatable bonds is 0. The van der Waals surface area contributed by atoms with Crippen LogP contribution in [0.4, 0.5) is 0 Å². The molecule has 1 fully saturated rings. The molecule has 0 aliphatic heterocycles. The van der Waals surface area contributed by atoms with Gasteiger partial charge in [-0.25, -0.2) is 0 Å². The van der Waals surface area contributed by atoms with Crippen LogP contribution >= 0.6 is 0 Å². The second-order valence-corrected chi connectivity index (χ2v) is 7.28. The number of hydrogen-bond acceptors (Lipinski definition) is 1. The summed E-state index contributed by atoms with van der Waals surface area (Å²) in [4.78, 5) is 11.7. The quantitative estimate of drug-likeness (QED) is 0.613. The molecule has 0 aromatic heterocycles. The first kappa shape index (κ1) is 12.9. The maximum atomic E-state index is 11.7. The molecule has 17 heavy (non-hydrogen) atoms. The minimum absolute atomic E-state index is 0.176. The van der Waals surface area contributed by atoms with Crippen molar-refractivity contribution < 1.29 is 4.79 Å². The summed E-state index contributed by atoms with van der Waals surface area (Å²) in [6.07, 6.45) is 3.77. The first-order valence-electron chi connectivity index (χ1n) is 6.94. The molecule has 0 aromatic rings. The van der Waals surface area contributed by atoms with Crippen LogP contribution in [0, 0.1) is 28.6 Å². The molecule has 2 rings (SSSR count). The molecule has 2 aliphatic carbocycles. The second kappa shape index (κ2) is 3.70. The number of carbonyl (C=O) groups is 1. The topological polar surface area (TPSA) is 17.1 Å². The molecule has 1 heteroatoms. The van der Waals surface area contributed by atoms with Crippen LogP contribution in [-0.4, -0.2) is 5.78 Å². The molecule has 0 radical (unpaired) electrons. The van der Waals surface area contributed by atoms with Crippen LogP contribution in [0.5, 0.6) is 0 Å². The predicted octanol–water partition coefficient (Wildman–Crippen LogP) is 4.23. The van der Waals surface area contributed by atoms with E-state index in [2.05, 4.69) is 41.5 Å². The van der Waals surface area contributed by atoms with Gasteiger partial charge in [0.1, 0.15) is 0 Å². The highest BCUT2D eigenvalue weighted by Crippen LogP contribution is 2.60. The molecule has 0 aromatic carbocycles. The maximum absolute atomic E-state index is 11.7. The average molecular weight is 234 g/mol. The minimum atomic E-state index is 0.176. The molecule has 0 spiro atoms. The normalized spacial score (nSPS) is 39.5. The van der Waals surface area contributed by atoms with E-state index >= 15 is 0 Å². The largest absolute Gasteiger partial charge is 0.295 e. The molecule has 0 saturated heterocycles. The number of allylic oxidation sites excluding steroid dienone is 2. The van der Waals surface area contributed by atoms with Gasteiger partial charge in [-0.15, -0.1) is 0 Å². The zero-order chi connectivity index (χ0) is 13.0. The maximum Gasteiger partial charge on any atom is 0.155 e. The van der Waals surface area contributed by atoms with E-state index in [0.29, 0.717) is 29.0 Å². The number of ketones is 1. The highest BCUT2D eigenvalue weighted by molar-refractivity contribution is 5.91. The third-order valence-electron chi connectivity index (χ3n) is 6.08. The number of carbonyl (C=O) groups excluding carboxylic acids is 1. The molecule has 1 saturated carbocycles. The van der Waals surface area contributed by atoms with E-state index in [1.807, 2.05) is 6.08 Å². The molecule has 0 bridgehead atoms. The molecular formula is C16H26O. The Morgan fingerprint density at radius 2 is 1.71 bits per heavy atom.